The summed E-state index contributed by atoms with van der Waals surface area (Å²) in [6.07, 6.45) is 0.449. The highest BCUT2D eigenvalue weighted by atomic mass is 35.5. The molecular formula is C14H16ClNO4. The molecule has 1 saturated heterocycles. The van der Waals surface area contributed by atoms with Gasteiger partial charge in [0.05, 0.1) is 14.2 Å². The van der Waals surface area contributed by atoms with E-state index < -0.39 is 5.97 Å². The Morgan fingerprint density at radius 3 is 2.75 bits per heavy atom. The van der Waals surface area contributed by atoms with Crippen molar-refractivity contribution in [3.05, 3.63) is 23.8 Å². The number of benzene rings is 1. The number of esters is 1. The standard InChI is InChI=1S/C14H16ClNO4/c1-19-12-6-10(3-4-11(12)14(18)20-2)16-8-9(7-15)5-13(16)17/h3-4,6,9H,5,7-8H2,1-2H3. The van der Waals surface area contributed by atoms with Crippen LogP contribution in [0.3, 0.4) is 0 Å². The van der Waals surface area contributed by atoms with Crippen LogP contribution in [0.25, 0.3) is 0 Å². The van der Waals surface area contributed by atoms with Gasteiger partial charge in [-0.15, -0.1) is 11.6 Å². The summed E-state index contributed by atoms with van der Waals surface area (Å²) < 4.78 is 9.87. The normalized spacial score (nSPS) is 18.2. The number of alkyl halides is 1. The molecule has 1 atom stereocenters. The van der Waals surface area contributed by atoms with E-state index in [0.717, 1.165) is 0 Å². The van der Waals surface area contributed by atoms with Crippen molar-refractivity contribution >= 4 is 29.2 Å². The van der Waals surface area contributed by atoms with E-state index in [0.29, 0.717) is 35.8 Å². The fourth-order valence-electron chi connectivity index (χ4n) is 2.26. The molecule has 0 spiro atoms. The molecule has 108 valence electrons. The Labute approximate surface area is 122 Å². The second kappa shape index (κ2) is 6.13. The average Bonchev–Trinajstić information content (AvgIpc) is 2.86. The number of carbonyl (C=O) groups is 2. The Morgan fingerprint density at radius 2 is 2.20 bits per heavy atom. The van der Waals surface area contributed by atoms with Crippen LogP contribution in [0.1, 0.15) is 16.8 Å². The SMILES string of the molecule is COC(=O)c1ccc(N2CC(CCl)CC2=O)cc1OC. The Morgan fingerprint density at radius 1 is 1.45 bits per heavy atom. The van der Waals surface area contributed by atoms with Crippen molar-refractivity contribution < 1.29 is 19.1 Å². The number of nitrogens with zero attached hydrogens (tertiary/aromatic N) is 1. The average molecular weight is 298 g/mol. The molecule has 20 heavy (non-hydrogen) atoms. The quantitative estimate of drug-likeness (QED) is 0.631. The molecule has 1 fully saturated rings. The molecule has 1 aromatic rings. The first kappa shape index (κ1) is 14.7. The topological polar surface area (TPSA) is 55.8 Å². The largest absolute Gasteiger partial charge is 0.496 e. The van der Waals surface area contributed by atoms with Crippen LogP contribution in [0.15, 0.2) is 18.2 Å². The third kappa shape index (κ3) is 2.72. The number of hydrogen-bond donors (Lipinski definition) is 0. The summed E-state index contributed by atoms with van der Waals surface area (Å²) in [6, 6.07) is 4.98. The highest BCUT2D eigenvalue weighted by molar-refractivity contribution is 6.18. The minimum atomic E-state index is -0.472. The lowest BCUT2D eigenvalue weighted by Gasteiger charge is -2.18. The van der Waals surface area contributed by atoms with Crippen molar-refractivity contribution in [3.63, 3.8) is 0 Å². The summed E-state index contributed by atoms with van der Waals surface area (Å²) in [4.78, 5) is 25.2. The molecule has 0 radical (unpaired) electrons. The zero-order valence-corrected chi connectivity index (χ0v) is 12.1. The molecule has 1 aliphatic rings. The van der Waals surface area contributed by atoms with Gasteiger partial charge in [-0.3, -0.25) is 4.79 Å². The van der Waals surface area contributed by atoms with Crippen LogP contribution in [-0.2, 0) is 9.53 Å². The van der Waals surface area contributed by atoms with Crippen molar-refractivity contribution in [3.8, 4) is 5.75 Å². The van der Waals surface area contributed by atoms with Crippen molar-refractivity contribution in [1.82, 2.24) is 0 Å². The minimum absolute atomic E-state index is 0.0310. The Hall–Kier alpha value is -1.75. The summed E-state index contributed by atoms with van der Waals surface area (Å²) in [5.74, 6) is 0.565. The first-order chi connectivity index (χ1) is 9.60. The summed E-state index contributed by atoms with van der Waals surface area (Å²) in [7, 11) is 2.78. The fourth-order valence-corrected chi connectivity index (χ4v) is 2.47. The second-order valence-corrected chi connectivity index (χ2v) is 4.91. The highest BCUT2D eigenvalue weighted by Crippen LogP contribution is 2.30. The predicted octanol–water partition coefficient (Wildman–Crippen LogP) is 2.07. The lowest BCUT2D eigenvalue weighted by atomic mass is 10.1. The zero-order valence-electron chi connectivity index (χ0n) is 11.4. The van der Waals surface area contributed by atoms with Crippen LogP contribution in [-0.4, -0.2) is 38.5 Å². The van der Waals surface area contributed by atoms with Crippen molar-refractivity contribution in [2.75, 3.05) is 31.5 Å². The molecule has 2 rings (SSSR count). The summed E-state index contributed by atoms with van der Waals surface area (Å²) in [6.45, 7) is 0.586. The number of amides is 1. The summed E-state index contributed by atoms with van der Waals surface area (Å²) >= 11 is 5.81. The van der Waals surface area contributed by atoms with Gasteiger partial charge in [0, 0.05) is 30.6 Å². The van der Waals surface area contributed by atoms with Gasteiger partial charge in [0.1, 0.15) is 11.3 Å². The molecule has 0 aliphatic carbocycles. The smallest absolute Gasteiger partial charge is 0.341 e. The van der Waals surface area contributed by atoms with E-state index in [9.17, 15) is 9.59 Å². The Bertz CT molecular complexity index is 532. The maximum absolute atomic E-state index is 12.0. The maximum Gasteiger partial charge on any atom is 0.341 e. The molecule has 0 N–H and O–H groups in total. The van der Waals surface area contributed by atoms with Gasteiger partial charge in [-0.2, -0.15) is 0 Å². The number of halogens is 1. The minimum Gasteiger partial charge on any atom is -0.496 e. The van der Waals surface area contributed by atoms with Gasteiger partial charge in [0.25, 0.3) is 0 Å². The number of methoxy groups -OCH3 is 2. The zero-order chi connectivity index (χ0) is 14.7. The molecule has 1 amide bonds. The van der Waals surface area contributed by atoms with E-state index in [4.69, 9.17) is 16.3 Å². The van der Waals surface area contributed by atoms with Crippen LogP contribution in [0.4, 0.5) is 5.69 Å². The third-order valence-corrected chi connectivity index (χ3v) is 3.76. The number of hydrogen-bond acceptors (Lipinski definition) is 4. The molecule has 1 unspecified atom stereocenters. The first-order valence-electron chi connectivity index (χ1n) is 6.23. The van der Waals surface area contributed by atoms with Crippen LogP contribution in [0.2, 0.25) is 0 Å². The number of anilines is 1. The van der Waals surface area contributed by atoms with E-state index in [1.54, 1.807) is 23.1 Å². The van der Waals surface area contributed by atoms with Crippen LogP contribution in [0.5, 0.6) is 5.75 Å². The molecule has 0 saturated carbocycles. The van der Waals surface area contributed by atoms with E-state index in [1.807, 2.05) is 0 Å². The van der Waals surface area contributed by atoms with E-state index in [-0.39, 0.29) is 11.8 Å². The second-order valence-electron chi connectivity index (χ2n) is 4.60. The van der Waals surface area contributed by atoms with Crippen molar-refractivity contribution in [2.24, 2.45) is 5.92 Å². The monoisotopic (exact) mass is 297 g/mol. The van der Waals surface area contributed by atoms with Gasteiger partial charge in [0.2, 0.25) is 5.91 Å². The van der Waals surface area contributed by atoms with Crippen molar-refractivity contribution in [2.45, 2.75) is 6.42 Å². The number of carbonyl (C=O) groups excluding carboxylic acids is 2. The van der Waals surface area contributed by atoms with Gasteiger partial charge < -0.3 is 14.4 Å². The lowest BCUT2D eigenvalue weighted by molar-refractivity contribution is -0.117. The fraction of sp³-hybridized carbons (Fsp3) is 0.429. The lowest BCUT2D eigenvalue weighted by Crippen LogP contribution is -2.24. The molecule has 6 heteroatoms. The van der Waals surface area contributed by atoms with Gasteiger partial charge in [-0.05, 0) is 18.1 Å². The van der Waals surface area contributed by atoms with Gasteiger partial charge >= 0.3 is 5.97 Å². The van der Waals surface area contributed by atoms with Gasteiger partial charge in [-0.25, -0.2) is 4.79 Å². The van der Waals surface area contributed by atoms with Crippen molar-refractivity contribution in [1.29, 1.82) is 0 Å². The molecule has 1 aliphatic heterocycles. The van der Waals surface area contributed by atoms with E-state index in [1.165, 1.54) is 14.2 Å². The molecule has 5 nitrogen and oxygen atoms in total. The third-order valence-electron chi connectivity index (χ3n) is 3.33. The Kier molecular flexibility index (Phi) is 4.49. The van der Waals surface area contributed by atoms with Crippen LogP contribution in [0, 0.1) is 5.92 Å². The number of rotatable bonds is 4. The van der Waals surface area contributed by atoms with Crippen LogP contribution >= 0.6 is 11.6 Å². The molecule has 1 heterocycles. The maximum atomic E-state index is 12.0. The highest BCUT2D eigenvalue weighted by Gasteiger charge is 2.30. The molecule has 0 bridgehead atoms. The van der Waals surface area contributed by atoms with Crippen LogP contribution < -0.4 is 9.64 Å². The summed E-state index contributed by atoms with van der Waals surface area (Å²) in [5.41, 5.74) is 1.03. The van der Waals surface area contributed by atoms with Gasteiger partial charge in [0.15, 0.2) is 0 Å². The van der Waals surface area contributed by atoms with Gasteiger partial charge in [-0.1, -0.05) is 0 Å². The Balaban J connectivity index is 2.30. The molecule has 0 aromatic heterocycles. The van der Waals surface area contributed by atoms with E-state index in [2.05, 4.69) is 4.74 Å². The predicted molar refractivity (Wildman–Crippen MR) is 75.5 cm³/mol. The number of ether oxygens (including phenoxy) is 2. The molecular weight excluding hydrogens is 282 g/mol. The molecule has 1 aromatic carbocycles. The van der Waals surface area contributed by atoms with E-state index >= 15 is 0 Å². The summed E-state index contributed by atoms with van der Waals surface area (Å²) in [5, 5.41) is 0. The first-order valence-corrected chi connectivity index (χ1v) is 6.76.